The monoisotopic (exact) mass is 424 g/mol. The molecule has 6 heteroatoms. The Hall–Kier alpha value is -1.66. The zero-order chi connectivity index (χ0) is 18.6. The molecule has 0 spiro atoms. The second-order valence-corrected chi connectivity index (χ2v) is 7.92. The van der Waals surface area contributed by atoms with Gasteiger partial charge in [-0.2, -0.15) is 0 Å². The van der Waals surface area contributed by atoms with Crippen molar-refractivity contribution in [3.8, 4) is 10.4 Å². The molecular formula is C19H21BrO4S. The Kier molecular flexibility index (Phi) is 6.79. The third-order valence-corrected chi connectivity index (χ3v) is 5.32. The Morgan fingerprint density at radius 3 is 2.32 bits per heavy atom. The van der Waals surface area contributed by atoms with Gasteiger partial charge >= 0.3 is 11.9 Å². The quantitative estimate of drug-likeness (QED) is 0.576. The zero-order valence-electron chi connectivity index (χ0n) is 14.7. The van der Waals surface area contributed by atoms with Gasteiger partial charge in [-0.25, -0.2) is 9.59 Å². The van der Waals surface area contributed by atoms with Crippen molar-refractivity contribution in [2.45, 2.75) is 27.7 Å². The van der Waals surface area contributed by atoms with E-state index in [0.717, 1.165) is 20.5 Å². The standard InChI is InChI=1S/C19H21BrO4S/c1-5-23-18(21)15-12(4)16(13-6-8-14(20)9-7-13)25-17(15)19(22)24-10-11(2)3/h6-9,11H,5,10H2,1-4H3. The van der Waals surface area contributed by atoms with Gasteiger partial charge < -0.3 is 9.47 Å². The van der Waals surface area contributed by atoms with Gasteiger partial charge in [0, 0.05) is 9.35 Å². The molecule has 0 bridgehead atoms. The molecule has 1 heterocycles. The lowest BCUT2D eigenvalue weighted by atomic mass is 10.1. The third-order valence-electron chi connectivity index (χ3n) is 3.47. The molecule has 0 atom stereocenters. The van der Waals surface area contributed by atoms with Gasteiger partial charge in [0.25, 0.3) is 0 Å². The summed E-state index contributed by atoms with van der Waals surface area (Å²) in [5, 5.41) is 0. The van der Waals surface area contributed by atoms with Crippen LogP contribution >= 0.6 is 27.3 Å². The number of esters is 2. The first-order chi connectivity index (χ1) is 11.8. The van der Waals surface area contributed by atoms with E-state index >= 15 is 0 Å². The molecule has 0 fully saturated rings. The van der Waals surface area contributed by atoms with Crippen molar-refractivity contribution < 1.29 is 19.1 Å². The van der Waals surface area contributed by atoms with Gasteiger partial charge in [-0.15, -0.1) is 11.3 Å². The molecule has 1 aromatic heterocycles. The summed E-state index contributed by atoms with van der Waals surface area (Å²) in [4.78, 5) is 26.1. The van der Waals surface area contributed by atoms with E-state index in [9.17, 15) is 9.59 Å². The number of halogens is 1. The third kappa shape index (κ3) is 4.70. The maximum atomic E-state index is 12.5. The molecule has 0 amide bonds. The Labute approximate surface area is 160 Å². The van der Waals surface area contributed by atoms with Gasteiger partial charge in [0.2, 0.25) is 0 Å². The highest BCUT2D eigenvalue weighted by molar-refractivity contribution is 9.10. The number of hydrogen-bond donors (Lipinski definition) is 0. The van der Waals surface area contributed by atoms with E-state index in [1.165, 1.54) is 11.3 Å². The summed E-state index contributed by atoms with van der Waals surface area (Å²) in [5.41, 5.74) is 1.99. The van der Waals surface area contributed by atoms with Crippen molar-refractivity contribution in [1.82, 2.24) is 0 Å². The van der Waals surface area contributed by atoms with Crippen molar-refractivity contribution in [3.05, 3.63) is 44.7 Å². The highest BCUT2D eigenvalue weighted by Gasteiger charge is 2.28. The number of rotatable bonds is 6. The zero-order valence-corrected chi connectivity index (χ0v) is 17.1. The van der Waals surface area contributed by atoms with Crippen molar-refractivity contribution in [1.29, 1.82) is 0 Å². The molecule has 0 unspecified atom stereocenters. The second-order valence-electron chi connectivity index (χ2n) is 5.98. The molecule has 2 rings (SSSR count). The minimum atomic E-state index is -0.490. The summed E-state index contributed by atoms with van der Waals surface area (Å²) < 4.78 is 11.4. The van der Waals surface area contributed by atoms with E-state index in [0.29, 0.717) is 17.0 Å². The van der Waals surface area contributed by atoms with Gasteiger partial charge in [-0.3, -0.25) is 0 Å². The van der Waals surface area contributed by atoms with Crippen molar-refractivity contribution in [2.24, 2.45) is 5.92 Å². The Balaban J connectivity index is 2.49. The minimum Gasteiger partial charge on any atom is -0.462 e. The normalized spacial score (nSPS) is 10.8. The van der Waals surface area contributed by atoms with Gasteiger partial charge in [-0.05, 0) is 43.0 Å². The molecule has 2 aromatic rings. The summed E-state index contributed by atoms with van der Waals surface area (Å²) in [6, 6.07) is 7.74. The smallest absolute Gasteiger partial charge is 0.349 e. The van der Waals surface area contributed by atoms with Crippen molar-refractivity contribution >= 4 is 39.2 Å². The van der Waals surface area contributed by atoms with Crippen LogP contribution in [0.15, 0.2) is 28.7 Å². The van der Waals surface area contributed by atoms with Crippen LogP contribution in [0.3, 0.4) is 0 Å². The fourth-order valence-corrected chi connectivity index (χ4v) is 3.75. The minimum absolute atomic E-state index is 0.224. The molecule has 0 aliphatic rings. The maximum Gasteiger partial charge on any atom is 0.349 e. The summed E-state index contributed by atoms with van der Waals surface area (Å²) in [6.45, 7) is 8.07. The molecule has 0 radical (unpaired) electrons. The van der Waals surface area contributed by atoms with E-state index in [4.69, 9.17) is 9.47 Å². The fourth-order valence-electron chi connectivity index (χ4n) is 2.29. The molecule has 25 heavy (non-hydrogen) atoms. The first-order valence-corrected chi connectivity index (χ1v) is 9.69. The number of hydrogen-bond acceptors (Lipinski definition) is 5. The predicted octanol–water partition coefficient (Wildman–Crippen LogP) is 5.48. The first-order valence-electron chi connectivity index (χ1n) is 8.08. The molecule has 134 valence electrons. The van der Waals surface area contributed by atoms with Gasteiger partial charge in [0.05, 0.1) is 18.8 Å². The lowest BCUT2D eigenvalue weighted by Gasteiger charge is -2.08. The van der Waals surface area contributed by atoms with Crippen LogP contribution in [0.25, 0.3) is 10.4 Å². The van der Waals surface area contributed by atoms with E-state index in [2.05, 4.69) is 15.9 Å². The highest BCUT2D eigenvalue weighted by atomic mass is 79.9. The van der Waals surface area contributed by atoms with Gasteiger partial charge in [0.15, 0.2) is 0 Å². The molecular weight excluding hydrogens is 404 g/mol. The summed E-state index contributed by atoms with van der Waals surface area (Å²) in [5.74, 6) is -0.744. The van der Waals surface area contributed by atoms with Crippen LogP contribution in [-0.2, 0) is 9.47 Å². The van der Waals surface area contributed by atoms with Crippen LogP contribution in [0.2, 0.25) is 0 Å². The van der Waals surface area contributed by atoms with Crippen LogP contribution in [0.4, 0.5) is 0 Å². The largest absolute Gasteiger partial charge is 0.462 e. The van der Waals surface area contributed by atoms with E-state index < -0.39 is 11.9 Å². The van der Waals surface area contributed by atoms with Gasteiger partial charge in [-0.1, -0.05) is 41.9 Å². The van der Waals surface area contributed by atoms with Gasteiger partial charge in [0.1, 0.15) is 4.88 Å². The molecule has 0 saturated heterocycles. The molecule has 4 nitrogen and oxygen atoms in total. The van der Waals surface area contributed by atoms with E-state index in [-0.39, 0.29) is 12.5 Å². The summed E-state index contributed by atoms with van der Waals surface area (Å²) in [6.07, 6.45) is 0. The van der Waals surface area contributed by atoms with Crippen LogP contribution < -0.4 is 0 Å². The average molecular weight is 425 g/mol. The molecule has 0 aliphatic heterocycles. The molecule has 0 aliphatic carbocycles. The lowest BCUT2D eigenvalue weighted by Crippen LogP contribution is -2.14. The number of carbonyl (C=O) groups excluding carboxylic acids is 2. The summed E-state index contributed by atoms with van der Waals surface area (Å²) >= 11 is 4.68. The topological polar surface area (TPSA) is 52.6 Å². The number of thiophene rings is 1. The average Bonchev–Trinajstić information content (AvgIpc) is 2.91. The number of ether oxygens (including phenoxy) is 2. The second kappa shape index (κ2) is 8.63. The van der Waals surface area contributed by atoms with Crippen LogP contribution in [0.5, 0.6) is 0 Å². The highest BCUT2D eigenvalue weighted by Crippen LogP contribution is 2.37. The molecule has 0 saturated carbocycles. The Morgan fingerprint density at radius 1 is 1.12 bits per heavy atom. The van der Waals surface area contributed by atoms with E-state index in [1.54, 1.807) is 6.92 Å². The number of benzene rings is 1. The molecule has 1 aromatic carbocycles. The van der Waals surface area contributed by atoms with Crippen molar-refractivity contribution in [2.75, 3.05) is 13.2 Å². The molecule has 0 N–H and O–H groups in total. The first kappa shape index (κ1) is 19.7. The lowest BCUT2D eigenvalue weighted by molar-refractivity contribution is 0.0440. The predicted molar refractivity (Wildman–Crippen MR) is 103 cm³/mol. The SMILES string of the molecule is CCOC(=O)c1c(C(=O)OCC(C)C)sc(-c2ccc(Br)cc2)c1C. The van der Waals surface area contributed by atoms with Crippen molar-refractivity contribution in [3.63, 3.8) is 0 Å². The Bertz CT molecular complexity index is 762. The van der Waals surface area contributed by atoms with Crippen LogP contribution in [0, 0.1) is 12.8 Å². The maximum absolute atomic E-state index is 12.5. The fraction of sp³-hybridized carbons (Fsp3) is 0.368. The van der Waals surface area contributed by atoms with Crippen LogP contribution in [-0.4, -0.2) is 25.2 Å². The van der Waals surface area contributed by atoms with E-state index in [1.807, 2.05) is 45.0 Å². The number of carbonyl (C=O) groups is 2. The van der Waals surface area contributed by atoms with Crippen LogP contribution in [0.1, 0.15) is 46.4 Å². The Morgan fingerprint density at radius 2 is 1.76 bits per heavy atom. The summed E-state index contributed by atoms with van der Waals surface area (Å²) in [7, 11) is 0.